The molecule has 0 saturated heterocycles. The summed E-state index contributed by atoms with van der Waals surface area (Å²) < 4.78 is 10.7. The molecule has 29 heavy (non-hydrogen) atoms. The van der Waals surface area contributed by atoms with Crippen LogP contribution in [0.25, 0.3) is 22.3 Å². The van der Waals surface area contributed by atoms with E-state index in [0.717, 1.165) is 11.3 Å². The van der Waals surface area contributed by atoms with Crippen molar-refractivity contribution in [2.45, 2.75) is 0 Å². The molecule has 0 unspecified atom stereocenters. The van der Waals surface area contributed by atoms with Crippen LogP contribution in [0, 0.1) is 0 Å². The molecule has 5 N–H and O–H groups in total. The van der Waals surface area contributed by atoms with Gasteiger partial charge in [-0.25, -0.2) is 9.97 Å². The van der Waals surface area contributed by atoms with E-state index in [4.69, 9.17) is 30.9 Å². The fraction of sp³-hybridized carbons (Fsp3) is 0.0909. The van der Waals surface area contributed by atoms with Gasteiger partial charge >= 0.3 is 0 Å². The highest BCUT2D eigenvalue weighted by Crippen LogP contribution is 2.34. The second kappa shape index (κ2) is 7.55. The van der Waals surface area contributed by atoms with Crippen LogP contribution in [0.2, 0.25) is 0 Å². The Balaban J connectivity index is 1.90. The number of nitrogens with one attached hydrogen (secondary N) is 1. The van der Waals surface area contributed by atoms with Crippen LogP contribution in [0.15, 0.2) is 60.7 Å². The number of rotatable bonds is 5. The number of nitrogens with two attached hydrogens (primary N) is 2. The maximum Gasteiger partial charge on any atom is 0.157 e. The average molecular weight is 387 g/mol. The Morgan fingerprint density at radius 2 is 1.52 bits per heavy atom. The number of ether oxygens (including phenoxy) is 2. The molecule has 0 bridgehead atoms. The molecule has 7 heteroatoms. The zero-order chi connectivity index (χ0) is 20.4. The number of benzene rings is 3. The summed E-state index contributed by atoms with van der Waals surface area (Å²) in [6.07, 6.45) is 0. The normalized spacial score (nSPS) is 10.7. The molecule has 0 aliphatic heterocycles. The molecule has 0 atom stereocenters. The van der Waals surface area contributed by atoms with Gasteiger partial charge in [0, 0.05) is 35.1 Å². The number of methoxy groups -OCH3 is 2. The van der Waals surface area contributed by atoms with Gasteiger partial charge in [-0.15, -0.1) is 0 Å². The molecule has 0 aliphatic rings. The topological polar surface area (TPSA) is 108 Å². The maximum absolute atomic E-state index is 6.15. The molecule has 4 rings (SSSR count). The van der Waals surface area contributed by atoms with Crippen LogP contribution in [0.4, 0.5) is 22.9 Å². The molecule has 0 spiro atoms. The van der Waals surface area contributed by atoms with Crippen molar-refractivity contribution in [2.24, 2.45) is 0 Å². The summed E-state index contributed by atoms with van der Waals surface area (Å²) in [5.74, 6) is 1.90. The fourth-order valence-corrected chi connectivity index (χ4v) is 3.11. The molecule has 146 valence electrons. The third-order valence-electron chi connectivity index (χ3n) is 4.48. The molecule has 1 heterocycles. The first kappa shape index (κ1) is 18.4. The molecule has 0 radical (unpaired) electrons. The van der Waals surface area contributed by atoms with Crippen LogP contribution in [-0.2, 0) is 0 Å². The Kier molecular flexibility index (Phi) is 4.78. The molecule has 1 aromatic heterocycles. The summed E-state index contributed by atoms with van der Waals surface area (Å²) in [6, 6.07) is 18.8. The number of anilines is 4. The van der Waals surface area contributed by atoms with Crippen molar-refractivity contribution < 1.29 is 9.47 Å². The highest BCUT2D eigenvalue weighted by atomic mass is 16.5. The molecular weight excluding hydrogens is 366 g/mol. The number of nitrogens with zero attached hydrogens (tertiary/aromatic N) is 2. The Bertz CT molecular complexity index is 1160. The zero-order valence-corrected chi connectivity index (χ0v) is 16.1. The minimum Gasteiger partial charge on any atom is -0.497 e. The molecule has 3 aromatic carbocycles. The molecular formula is C22H21N5O2. The number of nitrogen functional groups attached to an aromatic ring is 2. The standard InChI is InChI=1S/C22H21N5O2/c1-28-16-10-15(11-17(12-16)29-2)25-22-20(13-6-4-3-5-7-13)27-21-18(24)8-14(23)9-19(21)26-22/h3-12H,23-24H2,1-2H3,(H,25,26). The summed E-state index contributed by atoms with van der Waals surface area (Å²) in [4.78, 5) is 9.56. The van der Waals surface area contributed by atoms with Crippen molar-refractivity contribution in [3.8, 4) is 22.8 Å². The van der Waals surface area contributed by atoms with E-state index in [2.05, 4.69) is 5.32 Å². The molecule has 0 saturated carbocycles. The number of fused-ring (bicyclic) bond motifs is 1. The zero-order valence-electron chi connectivity index (χ0n) is 16.1. The lowest BCUT2D eigenvalue weighted by Crippen LogP contribution is -2.03. The van der Waals surface area contributed by atoms with E-state index in [9.17, 15) is 0 Å². The van der Waals surface area contributed by atoms with Crippen LogP contribution in [0.1, 0.15) is 0 Å². The van der Waals surface area contributed by atoms with Gasteiger partial charge in [0.05, 0.1) is 25.4 Å². The van der Waals surface area contributed by atoms with Gasteiger partial charge in [-0.3, -0.25) is 0 Å². The van der Waals surface area contributed by atoms with Gasteiger partial charge in [-0.2, -0.15) is 0 Å². The first-order valence-corrected chi connectivity index (χ1v) is 8.99. The number of hydrogen-bond acceptors (Lipinski definition) is 7. The lowest BCUT2D eigenvalue weighted by molar-refractivity contribution is 0.395. The van der Waals surface area contributed by atoms with Gasteiger partial charge < -0.3 is 26.3 Å². The first-order valence-electron chi connectivity index (χ1n) is 8.99. The van der Waals surface area contributed by atoms with E-state index < -0.39 is 0 Å². The van der Waals surface area contributed by atoms with Crippen molar-refractivity contribution >= 4 is 33.9 Å². The average Bonchev–Trinajstić information content (AvgIpc) is 2.73. The van der Waals surface area contributed by atoms with Crippen molar-refractivity contribution in [3.63, 3.8) is 0 Å². The van der Waals surface area contributed by atoms with E-state index >= 15 is 0 Å². The maximum atomic E-state index is 6.15. The second-order valence-corrected chi connectivity index (χ2v) is 6.49. The van der Waals surface area contributed by atoms with Gasteiger partial charge in [0.25, 0.3) is 0 Å². The van der Waals surface area contributed by atoms with E-state index in [1.54, 1.807) is 32.4 Å². The van der Waals surface area contributed by atoms with Crippen LogP contribution in [0.3, 0.4) is 0 Å². The Labute approximate surface area is 168 Å². The largest absolute Gasteiger partial charge is 0.497 e. The predicted molar refractivity (Wildman–Crippen MR) is 117 cm³/mol. The summed E-state index contributed by atoms with van der Waals surface area (Å²) in [7, 11) is 3.21. The van der Waals surface area contributed by atoms with Crippen molar-refractivity contribution in [2.75, 3.05) is 31.0 Å². The van der Waals surface area contributed by atoms with Gasteiger partial charge in [0.15, 0.2) is 5.82 Å². The van der Waals surface area contributed by atoms with Crippen LogP contribution in [0.5, 0.6) is 11.5 Å². The van der Waals surface area contributed by atoms with E-state index in [-0.39, 0.29) is 0 Å². The summed E-state index contributed by atoms with van der Waals surface area (Å²) in [6.45, 7) is 0. The highest BCUT2D eigenvalue weighted by molar-refractivity contribution is 5.93. The summed E-state index contributed by atoms with van der Waals surface area (Å²) in [5.41, 5.74) is 16.7. The van der Waals surface area contributed by atoms with Gasteiger partial charge in [-0.05, 0) is 12.1 Å². The van der Waals surface area contributed by atoms with Gasteiger partial charge in [0.1, 0.15) is 22.7 Å². The first-order chi connectivity index (χ1) is 14.1. The van der Waals surface area contributed by atoms with Gasteiger partial charge in [-0.1, -0.05) is 30.3 Å². The molecule has 0 amide bonds. The minimum absolute atomic E-state index is 0.485. The number of aromatic nitrogens is 2. The van der Waals surface area contributed by atoms with Crippen LogP contribution < -0.4 is 26.3 Å². The van der Waals surface area contributed by atoms with Crippen LogP contribution >= 0.6 is 0 Å². The van der Waals surface area contributed by atoms with Gasteiger partial charge in [0.2, 0.25) is 0 Å². The third kappa shape index (κ3) is 3.70. The third-order valence-corrected chi connectivity index (χ3v) is 4.48. The molecule has 0 fully saturated rings. The highest BCUT2D eigenvalue weighted by Gasteiger charge is 2.14. The Morgan fingerprint density at radius 3 is 2.17 bits per heavy atom. The van der Waals surface area contributed by atoms with Crippen LogP contribution in [-0.4, -0.2) is 24.2 Å². The summed E-state index contributed by atoms with van der Waals surface area (Å²) in [5, 5.41) is 3.34. The Morgan fingerprint density at radius 1 is 0.828 bits per heavy atom. The van der Waals surface area contributed by atoms with Crippen molar-refractivity contribution in [1.29, 1.82) is 0 Å². The van der Waals surface area contributed by atoms with E-state index in [1.807, 2.05) is 42.5 Å². The van der Waals surface area contributed by atoms with Crippen molar-refractivity contribution in [3.05, 3.63) is 60.7 Å². The lowest BCUT2D eigenvalue weighted by atomic mass is 10.1. The minimum atomic E-state index is 0.485. The Hall–Kier alpha value is -4.00. The quantitative estimate of drug-likeness (QED) is 0.440. The predicted octanol–water partition coefficient (Wildman–Crippen LogP) is 4.22. The fourth-order valence-electron chi connectivity index (χ4n) is 3.11. The smallest absolute Gasteiger partial charge is 0.157 e. The monoisotopic (exact) mass is 387 g/mol. The van der Waals surface area contributed by atoms with E-state index in [1.165, 1.54) is 0 Å². The number of hydrogen-bond donors (Lipinski definition) is 3. The second-order valence-electron chi connectivity index (χ2n) is 6.49. The molecule has 7 nitrogen and oxygen atoms in total. The SMILES string of the molecule is COc1cc(Nc2nc3cc(N)cc(N)c3nc2-c2ccccc2)cc(OC)c1. The summed E-state index contributed by atoms with van der Waals surface area (Å²) >= 11 is 0. The molecule has 4 aromatic rings. The lowest BCUT2D eigenvalue weighted by Gasteiger charge is -2.15. The van der Waals surface area contributed by atoms with Crippen molar-refractivity contribution in [1.82, 2.24) is 9.97 Å². The molecule has 0 aliphatic carbocycles. The van der Waals surface area contributed by atoms with E-state index in [0.29, 0.717) is 45.4 Å².